The van der Waals surface area contributed by atoms with Gasteiger partial charge in [-0.15, -0.1) is 0 Å². The summed E-state index contributed by atoms with van der Waals surface area (Å²) in [5.74, 6) is -1.23. The van der Waals surface area contributed by atoms with Crippen molar-refractivity contribution in [1.82, 2.24) is 9.88 Å². The summed E-state index contributed by atoms with van der Waals surface area (Å²) in [4.78, 5) is 29.3. The third kappa shape index (κ3) is 3.10. The predicted octanol–water partition coefficient (Wildman–Crippen LogP) is 2.38. The number of likely N-dealkylation sites (tertiary alicyclic amines) is 1. The number of pyridine rings is 1. The maximum atomic E-state index is 12.5. The Balaban J connectivity index is 2.29. The molecule has 5 nitrogen and oxygen atoms in total. The molecule has 2 rings (SSSR count). The minimum atomic E-state index is -0.950. The molecule has 1 aliphatic rings. The largest absolute Gasteiger partial charge is 0.480 e. The van der Waals surface area contributed by atoms with Gasteiger partial charge in [-0.1, -0.05) is 18.5 Å². The summed E-state index contributed by atoms with van der Waals surface area (Å²) in [6.45, 7) is 2.39. The van der Waals surface area contributed by atoms with Gasteiger partial charge in [-0.2, -0.15) is 0 Å². The van der Waals surface area contributed by atoms with Gasteiger partial charge in [0, 0.05) is 17.8 Å². The van der Waals surface area contributed by atoms with Crippen LogP contribution in [0.1, 0.15) is 42.2 Å². The molecule has 0 aromatic carbocycles. The first-order valence-corrected chi connectivity index (χ1v) is 7.11. The quantitative estimate of drug-likeness (QED) is 0.869. The lowest BCUT2D eigenvalue weighted by Crippen LogP contribution is -2.48. The standard InChI is InChI=1S/C14H17ClN2O3/c1-2-10-7-9(8-12(15)16-10)13(18)17-6-4-3-5-11(17)14(19)20/h7-8,11H,2-6H2,1H3,(H,19,20)/t11-/m1/s1. The summed E-state index contributed by atoms with van der Waals surface area (Å²) in [6, 6.07) is 2.44. The molecule has 1 atom stereocenters. The molecule has 0 saturated carbocycles. The number of aliphatic carboxylic acids is 1. The van der Waals surface area contributed by atoms with E-state index in [1.165, 1.54) is 11.0 Å². The van der Waals surface area contributed by atoms with E-state index in [1.54, 1.807) is 6.07 Å². The van der Waals surface area contributed by atoms with Crippen molar-refractivity contribution >= 4 is 23.5 Å². The van der Waals surface area contributed by atoms with Crippen LogP contribution in [-0.4, -0.2) is 39.5 Å². The Morgan fingerprint density at radius 1 is 1.45 bits per heavy atom. The molecule has 1 fully saturated rings. The fraction of sp³-hybridized carbons (Fsp3) is 0.500. The molecule has 1 amide bonds. The molecule has 0 bridgehead atoms. The highest BCUT2D eigenvalue weighted by Gasteiger charge is 2.32. The van der Waals surface area contributed by atoms with Crippen molar-refractivity contribution in [3.63, 3.8) is 0 Å². The average Bonchev–Trinajstić information content (AvgIpc) is 2.45. The topological polar surface area (TPSA) is 70.5 Å². The lowest BCUT2D eigenvalue weighted by atomic mass is 10.0. The van der Waals surface area contributed by atoms with Crippen LogP contribution in [0.4, 0.5) is 0 Å². The molecule has 0 spiro atoms. The molecule has 0 unspecified atom stereocenters. The highest BCUT2D eigenvalue weighted by atomic mass is 35.5. The predicted molar refractivity (Wildman–Crippen MR) is 74.9 cm³/mol. The van der Waals surface area contributed by atoms with Crippen LogP contribution in [0.2, 0.25) is 5.15 Å². The van der Waals surface area contributed by atoms with Crippen molar-refractivity contribution in [3.8, 4) is 0 Å². The van der Waals surface area contributed by atoms with E-state index in [-0.39, 0.29) is 11.1 Å². The van der Waals surface area contributed by atoms with E-state index < -0.39 is 12.0 Å². The van der Waals surface area contributed by atoms with Crippen LogP contribution in [0.5, 0.6) is 0 Å². The lowest BCUT2D eigenvalue weighted by molar-refractivity contribution is -0.143. The van der Waals surface area contributed by atoms with E-state index in [1.807, 2.05) is 6.92 Å². The number of aryl methyl sites for hydroxylation is 1. The lowest BCUT2D eigenvalue weighted by Gasteiger charge is -2.33. The maximum Gasteiger partial charge on any atom is 0.326 e. The Hall–Kier alpha value is -1.62. The SMILES string of the molecule is CCc1cc(C(=O)N2CCCC[C@@H]2C(=O)O)cc(Cl)n1. The summed E-state index contributed by atoms with van der Waals surface area (Å²) >= 11 is 5.91. The maximum absolute atomic E-state index is 12.5. The number of amides is 1. The van der Waals surface area contributed by atoms with E-state index in [2.05, 4.69) is 4.98 Å². The molecule has 2 heterocycles. The smallest absolute Gasteiger partial charge is 0.326 e. The summed E-state index contributed by atoms with van der Waals surface area (Å²) in [5, 5.41) is 9.49. The van der Waals surface area contributed by atoms with Gasteiger partial charge in [-0.3, -0.25) is 4.79 Å². The normalized spacial score (nSPS) is 18.9. The second kappa shape index (κ2) is 6.22. The van der Waals surface area contributed by atoms with Crippen molar-refractivity contribution in [3.05, 3.63) is 28.5 Å². The number of rotatable bonds is 3. The van der Waals surface area contributed by atoms with Crippen LogP contribution >= 0.6 is 11.6 Å². The van der Waals surface area contributed by atoms with Crippen molar-refractivity contribution in [2.24, 2.45) is 0 Å². The number of piperidine rings is 1. The van der Waals surface area contributed by atoms with Crippen molar-refractivity contribution in [1.29, 1.82) is 0 Å². The van der Waals surface area contributed by atoms with Crippen LogP contribution in [0.3, 0.4) is 0 Å². The molecule has 20 heavy (non-hydrogen) atoms. The van der Waals surface area contributed by atoms with Gasteiger partial charge >= 0.3 is 5.97 Å². The minimum absolute atomic E-state index is 0.261. The first-order valence-electron chi connectivity index (χ1n) is 6.73. The third-order valence-corrected chi connectivity index (χ3v) is 3.70. The van der Waals surface area contributed by atoms with Gasteiger partial charge in [0.1, 0.15) is 11.2 Å². The molecule has 1 aromatic heterocycles. The van der Waals surface area contributed by atoms with Gasteiger partial charge in [0.15, 0.2) is 0 Å². The zero-order chi connectivity index (χ0) is 14.7. The second-order valence-corrected chi connectivity index (χ2v) is 5.26. The Morgan fingerprint density at radius 3 is 2.85 bits per heavy atom. The Morgan fingerprint density at radius 2 is 2.20 bits per heavy atom. The van der Waals surface area contributed by atoms with E-state index in [0.717, 1.165) is 18.5 Å². The number of halogens is 1. The number of carbonyl (C=O) groups excluding carboxylic acids is 1. The minimum Gasteiger partial charge on any atom is -0.480 e. The number of hydrogen-bond donors (Lipinski definition) is 1. The van der Waals surface area contributed by atoms with Gasteiger partial charge in [-0.05, 0) is 37.8 Å². The molecule has 6 heteroatoms. The van der Waals surface area contributed by atoms with Gasteiger partial charge in [-0.25, -0.2) is 9.78 Å². The molecular formula is C14H17ClN2O3. The molecule has 1 N–H and O–H groups in total. The van der Waals surface area contributed by atoms with Crippen LogP contribution in [0, 0.1) is 0 Å². The van der Waals surface area contributed by atoms with Crippen molar-refractivity contribution in [2.75, 3.05) is 6.54 Å². The highest BCUT2D eigenvalue weighted by molar-refractivity contribution is 6.29. The number of carboxylic acid groups (broad SMARTS) is 1. The van der Waals surface area contributed by atoms with Crippen LogP contribution in [-0.2, 0) is 11.2 Å². The Bertz CT molecular complexity index is 533. The molecule has 1 aliphatic heterocycles. The molecule has 0 aliphatic carbocycles. The highest BCUT2D eigenvalue weighted by Crippen LogP contribution is 2.21. The van der Waals surface area contributed by atoms with Gasteiger partial charge in [0.2, 0.25) is 0 Å². The first-order chi connectivity index (χ1) is 9.52. The fourth-order valence-electron chi connectivity index (χ4n) is 2.45. The summed E-state index contributed by atoms with van der Waals surface area (Å²) in [5.41, 5.74) is 1.14. The van der Waals surface area contributed by atoms with E-state index >= 15 is 0 Å². The van der Waals surface area contributed by atoms with Gasteiger partial charge in [0.05, 0.1) is 0 Å². The summed E-state index contributed by atoms with van der Waals surface area (Å²) in [7, 11) is 0. The first kappa shape index (κ1) is 14.8. The Kier molecular flexibility index (Phi) is 4.60. The van der Waals surface area contributed by atoms with E-state index in [4.69, 9.17) is 11.6 Å². The molecule has 108 valence electrons. The zero-order valence-corrected chi connectivity index (χ0v) is 12.1. The van der Waals surface area contributed by atoms with Crippen molar-refractivity contribution in [2.45, 2.75) is 38.6 Å². The van der Waals surface area contributed by atoms with Gasteiger partial charge < -0.3 is 10.0 Å². The molecule has 0 radical (unpaired) electrons. The molecule has 1 aromatic rings. The van der Waals surface area contributed by atoms with Gasteiger partial charge in [0.25, 0.3) is 5.91 Å². The monoisotopic (exact) mass is 296 g/mol. The second-order valence-electron chi connectivity index (χ2n) is 4.87. The number of aromatic nitrogens is 1. The van der Waals surface area contributed by atoms with E-state index in [9.17, 15) is 14.7 Å². The summed E-state index contributed by atoms with van der Waals surface area (Å²) < 4.78 is 0. The fourth-order valence-corrected chi connectivity index (χ4v) is 2.68. The third-order valence-electron chi connectivity index (χ3n) is 3.51. The van der Waals surface area contributed by atoms with Crippen LogP contribution in [0.15, 0.2) is 12.1 Å². The number of carbonyl (C=O) groups is 2. The summed E-state index contributed by atoms with van der Waals surface area (Å²) in [6.07, 6.45) is 2.83. The van der Waals surface area contributed by atoms with E-state index in [0.29, 0.717) is 24.9 Å². The number of hydrogen-bond acceptors (Lipinski definition) is 3. The Labute approximate surface area is 122 Å². The van der Waals surface area contributed by atoms with Crippen LogP contribution in [0.25, 0.3) is 0 Å². The number of carboxylic acids is 1. The average molecular weight is 297 g/mol. The zero-order valence-electron chi connectivity index (χ0n) is 11.3. The van der Waals surface area contributed by atoms with Crippen molar-refractivity contribution < 1.29 is 14.7 Å². The van der Waals surface area contributed by atoms with Crippen LogP contribution < -0.4 is 0 Å². The number of nitrogens with zero attached hydrogens (tertiary/aromatic N) is 2. The molecular weight excluding hydrogens is 280 g/mol. The molecule has 1 saturated heterocycles.